The van der Waals surface area contributed by atoms with Gasteiger partial charge in [0.1, 0.15) is 5.60 Å². The van der Waals surface area contributed by atoms with Gasteiger partial charge in [0.25, 0.3) is 0 Å². The summed E-state index contributed by atoms with van der Waals surface area (Å²) >= 11 is 0. The molecule has 1 aliphatic rings. The summed E-state index contributed by atoms with van der Waals surface area (Å²) in [5.41, 5.74) is -0.404. The Balaban J connectivity index is 2.32. The van der Waals surface area contributed by atoms with Gasteiger partial charge in [0, 0.05) is 13.1 Å². The number of likely N-dealkylation sites (tertiary alicyclic amines) is 1. The van der Waals surface area contributed by atoms with Crippen LogP contribution in [0.1, 0.15) is 27.7 Å². The summed E-state index contributed by atoms with van der Waals surface area (Å²) in [6.07, 6.45) is -0.230. The molecule has 1 saturated heterocycles. The van der Waals surface area contributed by atoms with Crippen LogP contribution in [0, 0.1) is 17.8 Å². The van der Waals surface area contributed by atoms with Gasteiger partial charge in [0.05, 0.1) is 5.92 Å². The van der Waals surface area contributed by atoms with E-state index < -0.39 is 5.60 Å². The second-order valence-electron chi connectivity index (χ2n) is 4.48. The Morgan fingerprint density at radius 2 is 2.00 bits per heavy atom. The lowest BCUT2D eigenvalue weighted by atomic mass is 10.0. The van der Waals surface area contributed by atoms with Gasteiger partial charge in [-0.05, 0) is 27.7 Å². The molecule has 0 bridgehead atoms. The molecule has 0 aromatic rings. The zero-order valence-electron chi connectivity index (χ0n) is 9.26. The molecule has 1 rings (SSSR count). The van der Waals surface area contributed by atoms with E-state index in [1.807, 2.05) is 27.7 Å². The number of carbonyl (C=O) groups is 1. The summed E-state index contributed by atoms with van der Waals surface area (Å²) < 4.78 is 5.21. The van der Waals surface area contributed by atoms with Crippen molar-refractivity contribution in [2.24, 2.45) is 5.92 Å². The summed E-state index contributed by atoms with van der Waals surface area (Å²) in [5.74, 6) is 6.22. The fourth-order valence-corrected chi connectivity index (χ4v) is 1.25. The van der Waals surface area contributed by atoms with E-state index >= 15 is 0 Å². The topological polar surface area (TPSA) is 29.5 Å². The van der Waals surface area contributed by atoms with E-state index in [1.54, 1.807) is 4.90 Å². The van der Waals surface area contributed by atoms with Gasteiger partial charge >= 0.3 is 6.09 Å². The standard InChI is InChI=1S/C11H17NO2/c1-5-6-9-7-12(8-9)10(13)14-11(2,3)4/h9H,7-8H2,1-4H3. The quantitative estimate of drug-likeness (QED) is 0.552. The van der Waals surface area contributed by atoms with E-state index in [9.17, 15) is 4.79 Å². The van der Waals surface area contributed by atoms with E-state index in [0.29, 0.717) is 19.0 Å². The average molecular weight is 195 g/mol. The van der Waals surface area contributed by atoms with Gasteiger partial charge in [0.15, 0.2) is 0 Å². The molecule has 0 spiro atoms. The van der Waals surface area contributed by atoms with Crippen LogP contribution in [-0.2, 0) is 4.74 Å². The lowest BCUT2D eigenvalue weighted by Crippen LogP contribution is -2.51. The van der Waals surface area contributed by atoms with Gasteiger partial charge in [-0.2, -0.15) is 0 Å². The lowest BCUT2D eigenvalue weighted by molar-refractivity contribution is 0.00591. The third-order valence-corrected chi connectivity index (χ3v) is 1.88. The van der Waals surface area contributed by atoms with Crippen molar-refractivity contribution < 1.29 is 9.53 Å². The van der Waals surface area contributed by atoms with Crippen LogP contribution in [0.15, 0.2) is 0 Å². The average Bonchev–Trinajstić information content (AvgIpc) is 1.91. The van der Waals surface area contributed by atoms with Crippen LogP contribution in [0.5, 0.6) is 0 Å². The number of rotatable bonds is 0. The van der Waals surface area contributed by atoms with Gasteiger partial charge in [-0.3, -0.25) is 0 Å². The maximum absolute atomic E-state index is 11.4. The Bertz CT molecular complexity index is 274. The minimum Gasteiger partial charge on any atom is -0.444 e. The maximum atomic E-state index is 11.4. The first kappa shape index (κ1) is 10.9. The first-order chi connectivity index (χ1) is 6.42. The van der Waals surface area contributed by atoms with E-state index in [4.69, 9.17) is 4.74 Å². The Morgan fingerprint density at radius 3 is 2.43 bits per heavy atom. The van der Waals surface area contributed by atoms with E-state index in [2.05, 4.69) is 11.8 Å². The number of hydrogen-bond donors (Lipinski definition) is 0. The van der Waals surface area contributed by atoms with Crippen molar-refractivity contribution in [3.05, 3.63) is 0 Å². The second-order valence-corrected chi connectivity index (χ2v) is 4.48. The van der Waals surface area contributed by atoms with Crippen molar-refractivity contribution in [1.29, 1.82) is 0 Å². The zero-order chi connectivity index (χ0) is 10.8. The molecule has 0 aliphatic carbocycles. The Labute approximate surface area is 85.4 Å². The Kier molecular flexibility index (Phi) is 3.05. The largest absolute Gasteiger partial charge is 0.444 e. The highest BCUT2D eigenvalue weighted by atomic mass is 16.6. The summed E-state index contributed by atoms with van der Waals surface area (Å²) in [5, 5.41) is 0. The molecule has 0 N–H and O–H groups in total. The summed E-state index contributed by atoms with van der Waals surface area (Å²) in [7, 11) is 0. The van der Waals surface area contributed by atoms with E-state index in [1.165, 1.54) is 0 Å². The van der Waals surface area contributed by atoms with Crippen LogP contribution in [-0.4, -0.2) is 29.7 Å². The summed E-state index contributed by atoms with van der Waals surface area (Å²) in [6.45, 7) is 8.83. The molecule has 14 heavy (non-hydrogen) atoms. The SMILES string of the molecule is CC#CC1CN(C(=O)OC(C)(C)C)C1. The molecule has 0 saturated carbocycles. The maximum Gasteiger partial charge on any atom is 0.410 e. The van der Waals surface area contributed by atoms with Crippen LogP contribution in [0.4, 0.5) is 4.79 Å². The first-order valence-corrected chi connectivity index (χ1v) is 4.82. The summed E-state index contributed by atoms with van der Waals surface area (Å²) in [6, 6.07) is 0. The third-order valence-electron chi connectivity index (χ3n) is 1.88. The number of amides is 1. The predicted octanol–water partition coefficient (Wildman–Crippen LogP) is 1.88. The van der Waals surface area contributed by atoms with Crippen molar-refractivity contribution in [3.63, 3.8) is 0 Å². The van der Waals surface area contributed by atoms with Crippen molar-refractivity contribution in [1.82, 2.24) is 4.90 Å². The Hall–Kier alpha value is -1.17. The molecule has 3 nitrogen and oxygen atoms in total. The number of hydrogen-bond acceptors (Lipinski definition) is 2. The minimum atomic E-state index is -0.404. The molecule has 1 heterocycles. The number of carbonyl (C=O) groups excluding carboxylic acids is 1. The monoisotopic (exact) mass is 195 g/mol. The molecule has 0 aromatic heterocycles. The molecule has 0 aromatic carbocycles. The molecule has 0 unspecified atom stereocenters. The predicted molar refractivity (Wildman–Crippen MR) is 54.7 cm³/mol. The highest BCUT2D eigenvalue weighted by Gasteiger charge is 2.32. The zero-order valence-corrected chi connectivity index (χ0v) is 9.26. The molecular weight excluding hydrogens is 178 g/mol. The van der Waals surface area contributed by atoms with Gasteiger partial charge < -0.3 is 9.64 Å². The molecule has 1 aliphatic heterocycles. The van der Waals surface area contributed by atoms with Gasteiger partial charge in [-0.25, -0.2) is 4.79 Å². The molecule has 0 radical (unpaired) electrons. The highest BCUT2D eigenvalue weighted by Crippen LogP contribution is 2.18. The fourth-order valence-electron chi connectivity index (χ4n) is 1.25. The fraction of sp³-hybridized carbons (Fsp3) is 0.727. The van der Waals surface area contributed by atoms with Crippen LogP contribution >= 0.6 is 0 Å². The molecule has 1 fully saturated rings. The molecule has 0 atom stereocenters. The smallest absolute Gasteiger partial charge is 0.410 e. The number of ether oxygens (including phenoxy) is 1. The Morgan fingerprint density at radius 1 is 1.43 bits per heavy atom. The van der Waals surface area contributed by atoms with Crippen molar-refractivity contribution in [3.8, 4) is 11.8 Å². The first-order valence-electron chi connectivity index (χ1n) is 4.82. The van der Waals surface area contributed by atoms with Crippen LogP contribution in [0.3, 0.4) is 0 Å². The van der Waals surface area contributed by atoms with Crippen molar-refractivity contribution in [2.75, 3.05) is 13.1 Å². The van der Waals surface area contributed by atoms with Gasteiger partial charge in [-0.1, -0.05) is 5.92 Å². The summed E-state index contributed by atoms with van der Waals surface area (Å²) in [4.78, 5) is 13.1. The van der Waals surface area contributed by atoms with Crippen LogP contribution < -0.4 is 0 Å². The van der Waals surface area contributed by atoms with Crippen molar-refractivity contribution >= 4 is 6.09 Å². The number of nitrogens with zero attached hydrogens (tertiary/aromatic N) is 1. The van der Waals surface area contributed by atoms with Crippen LogP contribution in [0.2, 0.25) is 0 Å². The van der Waals surface area contributed by atoms with E-state index in [-0.39, 0.29) is 6.09 Å². The molecular formula is C11H17NO2. The highest BCUT2D eigenvalue weighted by molar-refractivity contribution is 5.69. The second kappa shape index (κ2) is 3.91. The molecule has 1 amide bonds. The minimum absolute atomic E-state index is 0.230. The van der Waals surface area contributed by atoms with Gasteiger partial charge in [-0.15, -0.1) is 5.92 Å². The van der Waals surface area contributed by atoms with Crippen molar-refractivity contribution in [2.45, 2.75) is 33.3 Å². The van der Waals surface area contributed by atoms with E-state index in [0.717, 1.165) is 0 Å². The van der Waals surface area contributed by atoms with Gasteiger partial charge in [0.2, 0.25) is 0 Å². The molecule has 3 heteroatoms. The molecule has 78 valence electrons. The normalized spacial score (nSPS) is 16.7. The third kappa shape index (κ3) is 2.95. The van der Waals surface area contributed by atoms with Crippen LogP contribution in [0.25, 0.3) is 0 Å². The lowest BCUT2D eigenvalue weighted by Gasteiger charge is -2.37.